The van der Waals surface area contributed by atoms with Gasteiger partial charge >= 0.3 is 0 Å². The molecule has 3 rings (SSSR count). The van der Waals surface area contributed by atoms with Crippen LogP contribution in [0, 0.1) is 0 Å². The van der Waals surface area contributed by atoms with Crippen molar-refractivity contribution in [3.8, 4) is 0 Å². The van der Waals surface area contributed by atoms with Crippen molar-refractivity contribution in [3.05, 3.63) is 54.4 Å². The lowest BCUT2D eigenvalue weighted by Gasteiger charge is -2.20. The molecule has 1 aromatic carbocycles. The Balaban J connectivity index is 1.50. The minimum absolute atomic E-state index is 0.357. The van der Waals surface area contributed by atoms with E-state index in [1.165, 1.54) is 12.0 Å². The first-order valence-corrected chi connectivity index (χ1v) is 7.24. The van der Waals surface area contributed by atoms with E-state index in [9.17, 15) is 5.11 Å². The number of likely N-dealkylation sites (tertiary alicyclic amines) is 1. The van der Waals surface area contributed by atoms with Crippen molar-refractivity contribution in [1.82, 2.24) is 14.7 Å². The Morgan fingerprint density at radius 3 is 2.80 bits per heavy atom. The number of aromatic nitrogens is 2. The third kappa shape index (κ3) is 3.26. The second kappa shape index (κ2) is 6.20. The molecule has 2 aromatic rings. The lowest BCUT2D eigenvalue weighted by atomic mass is 9.99. The van der Waals surface area contributed by atoms with Gasteiger partial charge in [-0.3, -0.25) is 4.68 Å². The molecule has 1 saturated heterocycles. The highest BCUT2D eigenvalue weighted by atomic mass is 16.3. The number of benzene rings is 1. The molecule has 0 saturated carbocycles. The highest BCUT2D eigenvalue weighted by Gasteiger charge is 2.25. The van der Waals surface area contributed by atoms with Gasteiger partial charge in [-0.25, -0.2) is 0 Å². The van der Waals surface area contributed by atoms with E-state index < -0.39 is 0 Å². The Bertz CT molecular complexity index is 512. The second-order valence-electron chi connectivity index (χ2n) is 5.54. The molecule has 1 aliphatic rings. The fraction of sp³-hybridized carbons (Fsp3) is 0.438. The summed E-state index contributed by atoms with van der Waals surface area (Å²) in [7, 11) is 0. The minimum Gasteiger partial charge on any atom is -0.390 e. The van der Waals surface area contributed by atoms with Crippen molar-refractivity contribution >= 4 is 0 Å². The summed E-state index contributed by atoms with van der Waals surface area (Å²) >= 11 is 0. The summed E-state index contributed by atoms with van der Waals surface area (Å²) in [4.78, 5) is 2.35. The van der Waals surface area contributed by atoms with E-state index in [1.807, 2.05) is 12.3 Å². The van der Waals surface area contributed by atoms with Crippen LogP contribution in [-0.4, -0.2) is 45.5 Å². The molecule has 0 radical (unpaired) electrons. The van der Waals surface area contributed by atoms with Gasteiger partial charge in [0.15, 0.2) is 0 Å². The zero-order chi connectivity index (χ0) is 13.8. The molecule has 0 amide bonds. The fourth-order valence-electron chi connectivity index (χ4n) is 2.98. The molecule has 0 unspecified atom stereocenters. The van der Waals surface area contributed by atoms with Crippen LogP contribution >= 0.6 is 0 Å². The van der Waals surface area contributed by atoms with Gasteiger partial charge in [0.2, 0.25) is 0 Å². The standard InChI is InChI=1S/C16H21N3O/c20-16(13-19-9-4-8-17-19)12-18-10-7-15(11-18)14-5-2-1-3-6-14/h1-6,8-9,15-16,20H,7,10-13H2/t15-,16-/m0/s1. The van der Waals surface area contributed by atoms with Crippen LogP contribution in [-0.2, 0) is 6.54 Å². The topological polar surface area (TPSA) is 41.3 Å². The number of aliphatic hydroxyl groups is 1. The van der Waals surface area contributed by atoms with E-state index in [0.29, 0.717) is 12.5 Å². The molecular weight excluding hydrogens is 250 g/mol. The molecule has 2 atom stereocenters. The molecule has 106 valence electrons. The first-order chi connectivity index (χ1) is 9.81. The Hall–Kier alpha value is -1.65. The largest absolute Gasteiger partial charge is 0.390 e. The van der Waals surface area contributed by atoms with Crippen LogP contribution in [0.5, 0.6) is 0 Å². The van der Waals surface area contributed by atoms with Gasteiger partial charge in [0.05, 0.1) is 12.6 Å². The van der Waals surface area contributed by atoms with Crippen LogP contribution in [0.2, 0.25) is 0 Å². The van der Waals surface area contributed by atoms with E-state index in [-0.39, 0.29) is 6.10 Å². The second-order valence-corrected chi connectivity index (χ2v) is 5.54. The monoisotopic (exact) mass is 271 g/mol. The Morgan fingerprint density at radius 2 is 2.05 bits per heavy atom. The number of β-amino-alcohol motifs (C(OH)–C–C–N with tert-alkyl or cyclic N) is 1. The minimum atomic E-state index is -0.357. The molecule has 4 heteroatoms. The van der Waals surface area contributed by atoms with E-state index in [4.69, 9.17) is 0 Å². The van der Waals surface area contributed by atoms with E-state index in [2.05, 4.69) is 40.3 Å². The molecule has 1 fully saturated rings. The van der Waals surface area contributed by atoms with Crippen molar-refractivity contribution in [2.75, 3.05) is 19.6 Å². The summed E-state index contributed by atoms with van der Waals surface area (Å²) in [5.41, 5.74) is 1.41. The Labute approximate surface area is 119 Å². The lowest BCUT2D eigenvalue weighted by molar-refractivity contribution is 0.105. The molecule has 1 N–H and O–H groups in total. The normalized spacial score (nSPS) is 21.1. The fourth-order valence-corrected chi connectivity index (χ4v) is 2.98. The molecule has 20 heavy (non-hydrogen) atoms. The van der Waals surface area contributed by atoms with E-state index in [0.717, 1.165) is 19.6 Å². The Morgan fingerprint density at radius 1 is 1.20 bits per heavy atom. The molecule has 0 aliphatic carbocycles. The number of hydrogen-bond donors (Lipinski definition) is 1. The van der Waals surface area contributed by atoms with Crippen LogP contribution in [0.25, 0.3) is 0 Å². The van der Waals surface area contributed by atoms with Gasteiger partial charge in [-0.1, -0.05) is 30.3 Å². The quantitative estimate of drug-likeness (QED) is 0.900. The zero-order valence-electron chi connectivity index (χ0n) is 11.6. The van der Waals surface area contributed by atoms with Crippen LogP contribution in [0.1, 0.15) is 17.9 Å². The third-order valence-corrected chi connectivity index (χ3v) is 3.97. The van der Waals surface area contributed by atoms with Gasteiger partial charge in [-0.05, 0) is 30.5 Å². The van der Waals surface area contributed by atoms with Gasteiger partial charge < -0.3 is 10.0 Å². The molecule has 4 nitrogen and oxygen atoms in total. The maximum absolute atomic E-state index is 10.1. The Kier molecular flexibility index (Phi) is 4.14. The number of nitrogens with zero attached hydrogens (tertiary/aromatic N) is 3. The summed E-state index contributed by atoms with van der Waals surface area (Å²) in [6, 6.07) is 12.6. The lowest BCUT2D eigenvalue weighted by Crippen LogP contribution is -2.33. The number of aliphatic hydroxyl groups excluding tert-OH is 1. The van der Waals surface area contributed by atoms with Crippen molar-refractivity contribution < 1.29 is 5.11 Å². The van der Waals surface area contributed by atoms with Gasteiger partial charge in [0.1, 0.15) is 0 Å². The molecule has 0 bridgehead atoms. The zero-order valence-corrected chi connectivity index (χ0v) is 11.6. The van der Waals surface area contributed by atoms with Crippen LogP contribution in [0.15, 0.2) is 48.8 Å². The van der Waals surface area contributed by atoms with Crippen molar-refractivity contribution in [2.24, 2.45) is 0 Å². The van der Waals surface area contributed by atoms with Crippen molar-refractivity contribution in [3.63, 3.8) is 0 Å². The molecule has 1 aromatic heterocycles. The maximum atomic E-state index is 10.1. The summed E-state index contributed by atoms with van der Waals surface area (Å²) < 4.78 is 1.79. The van der Waals surface area contributed by atoms with E-state index >= 15 is 0 Å². The van der Waals surface area contributed by atoms with Gasteiger partial charge in [-0.2, -0.15) is 5.10 Å². The third-order valence-electron chi connectivity index (χ3n) is 3.97. The number of hydrogen-bond acceptors (Lipinski definition) is 3. The van der Waals surface area contributed by atoms with Crippen LogP contribution in [0.3, 0.4) is 0 Å². The van der Waals surface area contributed by atoms with Crippen molar-refractivity contribution in [1.29, 1.82) is 0 Å². The summed E-state index contributed by atoms with van der Waals surface area (Å²) in [6.45, 7) is 3.40. The predicted molar refractivity (Wildman–Crippen MR) is 78.5 cm³/mol. The summed E-state index contributed by atoms with van der Waals surface area (Å²) in [5, 5.41) is 14.3. The average Bonchev–Trinajstić information content (AvgIpc) is 3.11. The van der Waals surface area contributed by atoms with Gasteiger partial charge in [-0.15, -0.1) is 0 Å². The maximum Gasteiger partial charge on any atom is 0.0862 e. The first-order valence-electron chi connectivity index (χ1n) is 7.24. The summed E-state index contributed by atoms with van der Waals surface area (Å²) in [5.74, 6) is 0.605. The number of rotatable bonds is 5. The van der Waals surface area contributed by atoms with Gasteiger partial charge in [0, 0.05) is 25.5 Å². The molecule has 0 spiro atoms. The van der Waals surface area contributed by atoms with Crippen LogP contribution in [0.4, 0.5) is 0 Å². The summed E-state index contributed by atoms with van der Waals surface area (Å²) in [6.07, 6.45) is 4.45. The molecular formula is C16H21N3O. The first kappa shape index (κ1) is 13.3. The van der Waals surface area contributed by atoms with E-state index in [1.54, 1.807) is 10.9 Å². The van der Waals surface area contributed by atoms with Crippen LogP contribution < -0.4 is 0 Å². The highest BCUT2D eigenvalue weighted by Crippen LogP contribution is 2.26. The molecule has 1 aliphatic heterocycles. The van der Waals surface area contributed by atoms with Gasteiger partial charge in [0.25, 0.3) is 0 Å². The molecule has 2 heterocycles. The predicted octanol–water partition coefficient (Wildman–Crippen LogP) is 1.73. The van der Waals surface area contributed by atoms with Crippen molar-refractivity contribution in [2.45, 2.75) is 25.0 Å². The highest BCUT2D eigenvalue weighted by molar-refractivity contribution is 5.20. The average molecular weight is 271 g/mol. The smallest absolute Gasteiger partial charge is 0.0862 e. The SMILES string of the molecule is O[C@@H](CN1CC[C@H](c2ccccc2)C1)Cn1cccn1.